The van der Waals surface area contributed by atoms with E-state index in [-0.39, 0.29) is 0 Å². The minimum absolute atomic E-state index is 0.847. The maximum Gasteiger partial charge on any atom is 0.0544 e. The summed E-state index contributed by atoms with van der Waals surface area (Å²) in [6.45, 7) is 8.67. The Morgan fingerprint density at radius 2 is 2.10 bits per heavy atom. The maximum atomic E-state index is 4.59. The van der Waals surface area contributed by atoms with Crippen LogP contribution in [-0.2, 0) is 13.1 Å². The maximum absolute atomic E-state index is 4.59. The molecule has 1 aromatic rings. The van der Waals surface area contributed by atoms with Crippen molar-refractivity contribution in [1.82, 2.24) is 20.1 Å². The molecule has 0 amide bonds. The Kier molecular flexibility index (Phi) is 6.61. The number of nitrogens with one attached hydrogen (secondary N) is 1. The number of piperidine rings is 1. The van der Waals surface area contributed by atoms with E-state index < -0.39 is 0 Å². The van der Waals surface area contributed by atoms with Crippen LogP contribution in [0.4, 0.5) is 0 Å². The third-order valence-corrected chi connectivity index (χ3v) is 4.31. The Labute approximate surface area is 129 Å². The first-order valence-electron chi connectivity index (χ1n) is 8.19. The van der Waals surface area contributed by atoms with E-state index in [1.807, 2.05) is 6.20 Å². The van der Waals surface area contributed by atoms with Crippen molar-refractivity contribution in [2.24, 2.45) is 5.92 Å². The van der Waals surface area contributed by atoms with E-state index in [2.05, 4.69) is 53.3 Å². The van der Waals surface area contributed by atoms with Gasteiger partial charge in [0, 0.05) is 25.8 Å². The topological polar surface area (TPSA) is 31.4 Å². The lowest BCUT2D eigenvalue weighted by Crippen LogP contribution is -2.35. The Morgan fingerprint density at radius 1 is 1.33 bits per heavy atom. The van der Waals surface area contributed by atoms with Crippen molar-refractivity contribution in [3.8, 4) is 0 Å². The lowest BCUT2D eigenvalue weighted by molar-refractivity contribution is 0.172. The van der Waals surface area contributed by atoms with Gasteiger partial charge in [0.05, 0.1) is 5.69 Å². The van der Waals surface area contributed by atoms with Crippen LogP contribution in [0.3, 0.4) is 0 Å². The van der Waals surface area contributed by atoms with Crippen LogP contribution in [0, 0.1) is 5.92 Å². The number of pyridine rings is 1. The van der Waals surface area contributed by atoms with Crippen LogP contribution in [-0.4, -0.2) is 55.1 Å². The summed E-state index contributed by atoms with van der Waals surface area (Å²) in [5.74, 6) is 0.847. The molecule has 2 rings (SSSR count). The monoisotopic (exact) mass is 290 g/mol. The number of nitrogens with zero attached hydrogens (tertiary/aromatic N) is 3. The molecule has 0 radical (unpaired) electrons. The summed E-state index contributed by atoms with van der Waals surface area (Å²) in [4.78, 5) is 9.44. The van der Waals surface area contributed by atoms with Crippen molar-refractivity contribution in [1.29, 1.82) is 0 Å². The van der Waals surface area contributed by atoms with Crippen LogP contribution >= 0.6 is 0 Å². The van der Waals surface area contributed by atoms with Gasteiger partial charge in [-0.3, -0.25) is 4.98 Å². The van der Waals surface area contributed by atoms with Crippen LogP contribution in [0.25, 0.3) is 0 Å². The van der Waals surface area contributed by atoms with E-state index in [1.54, 1.807) is 0 Å². The average molecular weight is 290 g/mol. The van der Waals surface area contributed by atoms with Crippen molar-refractivity contribution in [3.05, 3.63) is 29.6 Å². The Hall–Kier alpha value is -0.970. The first-order chi connectivity index (χ1) is 10.2. The lowest BCUT2D eigenvalue weighted by Gasteiger charge is -2.31. The van der Waals surface area contributed by atoms with Crippen LogP contribution in [0.5, 0.6) is 0 Å². The number of aromatic nitrogens is 1. The van der Waals surface area contributed by atoms with Crippen molar-refractivity contribution < 1.29 is 0 Å². The van der Waals surface area contributed by atoms with Crippen LogP contribution < -0.4 is 5.32 Å². The summed E-state index contributed by atoms with van der Waals surface area (Å²) >= 11 is 0. The van der Waals surface area contributed by atoms with Gasteiger partial charge in [-0.05, 0) is 64.1 Å². The van der Waals surface area contributed by atoms with Crippen molar-refractivity contribution in [3.63, 3.8) is 0 Å². The third-order valence-electron chi connectivity index (χ3n) is 4.31. The highest BCUT2D eigenvalue weighted by Crippen LogP contribution is 2.17. The molecular weight excluding hydrogens is 260 g/mol. The van der Waals surface area contributed by atoms with Gasteiger partial charge < -0.3 is 15.1 Å². The van der Waals surface area contributed by atoms with Gasteiger partial charge in [0.25, 0.3) is 0 Å². The summed E-state index contributed by atoms with van der Waals surface area (Å²) in [5, 5.41) is 3.33. The number of hydrogen-bond donors (Lipinski definition) is 1. The SMILES string of the molecule is CCNCc1ccc(CN(C)CC2CCN(C)CC2)nc1. The first kappa shape index (κ1) is 16.4. The van der Waals surface area contributed by atoms with E-state index in [9.17, 15) is 0 Å². The molecule has 1 fully saturated rings. The molecule has 118 valence electrons. The molecule has 1 saturated heterocycles. The molecule has 1 aliphatic heterocycles. The largest absolute Gasteiger partial charge is 0.313 e. The summed E-state index contributed by atoms with van der Waals surface area (Å²) < 4.78 is 0. The van der Waals surface area contributed by atoms with Gasteiger partial charge in [-0.2, -0.15) is 0 Å². The molecule has 1 N–H and O–H groups in total. The van der Waals surface area contributed by atoms with Gasteiger partial charge in [-0.25, -0.2) is 0 Å². The molecule has 0 aromatic carbocycles. The number of rotatable bonds is 7. The first-order valence-corrected chi connectivity index (χ1v) is 8.19. The van der Waals surface area contributed by atoms with Gasteiger partial charge in [-0.15, -0.1) is 0 Å². The lowest BCUT2D eigenvalue weighted by atomic mass is 9.96. The number of likely N-dealkylation sites (tertiary alicyclic amines) is 1. The van der Waals surface area contributed by atoms with E-state index in [0.29, 0.717) is 0 Å². The molecule has 0 atom stereocenters. The predicted octanol–water partition coefficient (Wildman–Crippen LogP) is 1.96. The summed E-state index contributed by atoms with van der Waals surface area (Å²) in [6.07, 6.45) is 4.66. The molecule has 1 aliphatic rings. The summed E-state index contributed by atoms with van der Waals surface area (Å²) in [7, 11) is 4.44. The third kappa shape index (κ3) is 5.73. The zero-order valence-corrected chi connectivity index (χ0v) is 13.8. The highest BCUT2D eigenvalue weighted by Gasteiger charge is 2.18. The zero-order valence-electron chi connectivity index (χ0n) is 13.8. The van der Waals surface area contributed by atoms with E-state index in [1.165, 1.54) is 43.7 Å². The minimum atomic E-state index is 0.847. The van der Waals surface area contributed by atoms with Crippen molar-refractivity contribution in [2.75, 3.05) is 40.3 Å². The molecule has 4 nitrogen and oxygen atoms in total. The smallest absolute Gasteiger partial charge is 0.0544 e. The highest BCUT2D eigenvalue weighted by molar-refractivity contribution is 5.13. The fourth-order valence-corrected chi connectivity index (χ4v) is 2.95. The summed E-state index contributed by atoms with van der Waals surface area (Å²) in [5.41, 5.74) is 2.43. The van der Waals surface area contributed by atoms with Crippen molar-refractivity contribution in [2.45, 2.75) is 32.9 Å². The van der Waals surface area contributed by atoms with Gasteiger partial charge in [0.2, 0.25) is 0 Å². The van der Waals surface area contributed by atoms with Gasteiger partial charge in [0.1, 0.15) is 0 Å². The van der Waals surface area contributed by atoms with Crippen LogP contribution in [0.2, 0.25) is 0 Å². The predicted molar refractivity (Wildman–Crippen MR) is 88.2 cm³/mol. The molecule has 1 aromatic heterocycles. The molecule has 21 heavy (non-hydrogen) atoms. The van der Waals surface area contributed by atoms with E-state index in [4.69, 9.17) is 0 Å². The standard InChI is InChI=1S/C17H30N4/c1-4-18-11-16-5-6-17(19-12-16)14-21(3)13-15-7-9-20(2)10-8-15/h5-6,12,15,18H,4,7-11,13-14H2,1-3H3. The van der Waals surface area contributed by atoms with Crippen LogP contribution in [0.1, 0.15) is 31.0 Å². The fraction of sp³-hybridized carbons (Fsp3) is 0.706. The molecular formula is C17H30N4. The van der Waals surface area contributed by atoms with Gasteiger partial charge >= 0.3 is 0 Å². The second kappa shape index (κ2) is 8.47. The van der Waals surface area contributed by atoms with Crippen LogP contribution in [0.15, 0.2) is 18.3 Å². The molecule has 2 heterocycles. The van der Waals surface area contributed by atoms with Gasteiger partial charge in [0.15, 0.2) is 0 Å². The normalized spacial score (nSPS) is 17.5. The number of hydrogen-bond acceptors (Lipinski definition) is 4. The zero-order chi connectivity index (χ0) is 15.1. The quantitative estimate of drug-likeness (QED) is 0.832. The molecule has 4 heteroatoms. The van der Waals surface area contributed by atoms with Crippen molar-refractivity contribution >= 4 is 0 Å². The fourth-order valence-electron chi connectivity index (χ4n) is 2.95. The van der Waals surface area contributed by atoms with E-state index in [0.717, 1.165) is 25.6 Å². The average Bonchev–Trinajstić information content (AvgIpc) is 2.49. The summed E-state index contributed by atoms with van der Waals surface area (Å²) in [6, 6.07) is 4.35. The minimum Gasteiger partial charge on any atom is -0.313 e. The van der Waals surface area contributed by atoms with E-state index >= 15 is 0 Å². The highest BCUT2D eigenvalue weighted by atomic mass is 15.1. The Morgan fingerprint density at radius 3 is 2.71 bits per heavy atom. The molecule has 0 saturated carbocycles. The van der Waals surface area contributed by atoms with Gasteiger partial charge in [-0.1, -0.05) is 13.0 Å². The Balaban J connectivity index is 1.75. The molecule has 0 spiro atoms. The second-order valence-electron chi connectivity index (χ2n) is 6.38. The molecule has 0 unspecified atom stereocenters. The molecule has 0 bridgehead atoms. The Bertz CT molecular complexity index is 396. The molecule has 0 aliphatic carbocycles. The second-order valence-corrected chi connectivity index (χ2v) is 6.38.